The standard InChI is InChI=1S/C14H21BrN2O/c1-5-14(3,4)17-13(18)10(2)16-12-8-6-11(15)7-9-12/h6-10,16H,5H2,1-4H3,(H,17,18). The molecule has 0 radical (unpaired) electrons. The summed E-state index contributed by atoms with van der Waals surface area (Å²) in [6.07, 6.45) is 0.906. The van der Waals surface area contributed by atoms with E-state index in [1.54, 1.807) is 0 Å². The fraction of sp³-hybridized carbons (Fsp3) is 0.500. The summed E-state index contributed by atoms with van der Waals surface area (Å²) in [5, 5.41) is 6.21. The molecule has 18 heavy (non-hydrogen) atoms. The minimum atomic E-state index is -0.253. The van der Waals surface area contributed by atoms with E-state index in [4.69, 9.17) is 0 Å². The molecule has 0 spiro atoms. The van der Waals surface area contributed by atoms with E-state index in [0.29, 0.717) is 0 Å². The third-order valence-corrected chi connectivity index (χ3v) is 3.49. The Hall–Kier alpha value is -1.03. The highest BCUT2D eigenvalue weighted by Gasteiger charge is 2.21. The fourth-order valence-corrected chi connectivity index (χ4v) is 1.66. The van der Waals surface area contributed by atoms with E-state index in [0.717, 1.165) is 16.6 Å². The molecule has 1 aromatic carbocycles. The Labute approximate surface area is 117 Å². The van der Waals surface area contributed by atoms with Crippen molar-refractivity contribution in [3.63, 3.8) is 0 Å². The van der Waals surface area contributed by atoms with Crippen molar-refractivity contribution in [1.82, 2.24) is 5.32 Å². The van der Waals surface area contributed by atoms with Crippen LogP contribution in [0.2, 0.25) is 0 Å². The average molecular weight is 313 g/mol. The van der Waals surface area contributed by atoms with Crippen LogP contribution in [0.1, 0.15) is 34.1 Å². The van der Waals surface area contributed by atoms with Crippen LogP contribution in [0.3, 0.4) is 0 Å². The van der Waals surface area contributed by atoms with E-state index in [2.05, 4.69) is 33.5 Å². The highest BCUT2D eigenvalue weighted by molar-refractivity contribution is 9.10. The van der Waals surface area contributed by atoms with Gasteiger partial charge >= 0.3 is 0 Å². The second-order valence-corrected chi connectivity index (χ2v) is 6.02. The van der Waals surface area contributed by atoms with E-state index in [-0.39, 0.29) is 17.5 Å². The Balaban J connectivity index is 2.57. The van der Waals surface area contributed by atoms with Crippen LogP contribution >= 0.6 is 15.9 Å². The van der Waals surface area contributed by atoms with Gasteiger partial charge in [-0.05, 0) is 51.5 Å². The van der Waals surface area contributed by atoms with Crippen LogP contribution in [0.25, 0.3) is 0 Å². The number of nitrogens with one attached hydrogen (secondary N) is 2. The van der Waals surface area contributed by atoms with Crippen LogP contribution in [-0.4, -0.2) is 17.5 Å². The zero-order valence-electron chi connectivity index (χ0n) is 11.4. The predicted octanol–water partition coefficient (Wildman–Crippen LogP) is 3.55. The van der Waals surface area contributed by atoms with Gasteiger partial charge in [-0.1, -0.05) is 22.9 Å². The first-order chi connectivity index (χ1) is 8.34. The maximum Gasteiger partial charge on any atom is 0.242 e. The number of carbonyl (C=O) groups excluding carboxylic acids is 1. The lowest BCUT2D eigenvalue weighted by Crippen LogP contribution is -2.48. The topological polar surface area (TPSA) is 41.1 Å². The van der Waals surface area contributed by atoms with E-state index in [1.807, 2.05) is 45.0 Å². The molecule has 1 amide bonds. The van der Waals surface area contributed by atoms with Crippen LogP contribution < -0.4 is 10.6 Å². The summed E-state index contributed by atoms with van der Waals surface area (Å²) >= 11 is 3.38. The summed E-state index contributed by atoms with van der Waals surface area (Å²) < 4.78 is 1.03. The molecule has 0 heterocycles. The maximum absolute atomic E-state index is 12.0. The van der Waals surface area contributed by atoms with Crippen molar-refractivity contribution >= 4 is 27.5 Å². The van der Waals surface area contributed by atoms with Gasteiger partial charge in [-0.25, -0.2) is 0 Å². The van der Waals surface area contributed by atoms with Gasteiger partial charge in [-0.3, -0.25) is 4.79 Å². The second kappa shape index (κ2) is 6.23. The average Bonchev–Trinajstić information content (AvgIpc) is 2.31. The van der Waals surface area contributed by atoms with Crippen LogP contribution in [0.5, 0.6) is 0 Å². The summed E-state index contributed by atoms with van der Waals surface area (Å²) in [6.45, 7) is 7.98. The van der Waals surface area contributed by atoms with E-state index in [1.165, 1.54) is 0 Å². The van der Waals surface area contributed by atoms with Gasteiger partial charge < -0.3 is 10.6 Å². The number of anilines is 1. The minimum Gasteiger partial charge on any atom is -0.374 e. The van der Waals surface area contributed by atoms with Crippen molar-refractivity contribution in [3.8, 4) is 0 Å². The molecule has 1 atom stereocenters. The number of halogens is 1. The number of amides is 1. The van der Waals surface area contributed by atoms with Gasteiger partial charge in [0.1, 0.15) is 6.04 Å². The molecule has 4 heteroatoms. The summed E-state index contributed by atoms with van der Waals surface area (Å²) in [6, 6.07) is 7.53. The normalized spacial score (nSPS) is 12.9. The predicted molar refractivity (Wildman–Crippen MR) is 79.7 cm³/mol. The van der Waals surface area contributed by atoms with Gasteiger partial charge in [-0.15, -0.1) is 0 Å². The number of hydrogen-bond acceptors (Lipinski definition) is 2. The Morgan fingerprint density at radius 3 is 2.39 bits per heavy atom. The third kappa shape index (κ3) is 4.69. The second-order valence-electron chi connectivity index (χ2n) is 5.10. The van der Waals surface area contributed by atoms with E-state index >= 15 is 0 Å². The van der Waals surface area contributed by atoms with Gasteiger partial charge in [0.15, 0.2) is 0 Å². The zero-order chi connectivity index (χ0) is 13.8. The Kier molecular flexibility index (Phi) is 5.20. The van der Waals surface area contributed by atoms with Crippen molar-refractivity contribution in [3.05, 3.63) is 28.7 Å². The van der Waals surface area contributed by atoms with Crippen molar-refractivity contribution in [2.45, 2.75) is 45.7 Å². The van der Waals surface area contributed by atoms with Crippen LogP contribution in [0.4, 0.5) is 5.69 Å². The van der Waals surface area contributed by atoms with Crippen molar-refractivity contribution < 1.29 is 4.79 Å². The number of hydrogen-bond donors (Lipinski definition) is 2. The van der Waals surface area contributed by atoms with Crippen molar-refractivity contribution in [2.75, 3.05) is 5.32 Å². The summed E-state index contributed by atoms with van der Waals surface area (Å²) in [5.41, 5.74) is 0.780. The highest BCUT2D eigenvalue weighted by Crippen LogP contribution is 2.15. The largest absolute Gasteiger partial charge is 0.374 e. The monoisotopic (exact) mass is 312 g/mol. The van der Waals surface area contributed by atoms with Crippen LogP contribution in [0, 0.1) is 0 Å². The first kappa shape index (κ1) is 15.0. The highest BCUT2D eigenvalue weighted by atomic mass is 79.9. The Morgan fingerprint density at radius 2 is 1.89 bits per heavy atom. The summed E-state index contributed by atoms with van der Waals surface area (Å²) in [7, 11) is 0. The number of rotatable bonds is 5. The molecular formula is C14H21BrN2O. The molecule has 0 fully saturated rings. The molecule has 0 aliphatic carbocycles. The number of benzene rings is 1. The molecule has 1 rings (SSSR count). The van der Waals surface area contributed by atoms with E-state index < -0.39 is 0 Å². The lowest BCUT2D eigenvalue weighted by atomic mass is 10.0. The summed E-state index contributed by atoms with van der Waals surface area (Å²) in [4.78, 5) is 12.0. The first-order valence-electron chi connectivity index (χ1n) is 6.18. The molecule has 0 aliphatic heterocycles. The molecule has 1 unspecified atom stereocenters. The Bertz CT molecular complexity index is 401. The van der Waals surface area contributed by atoms with Crippen LogP contribution in [-0.2, 0) is 4.79 Å². The van der Waals surface area contributed by atoms with Crippen LogP contribution in [0.15, 0.2) is 28.7 Å². The van der Waals surface area contributed by atoms with Crippen molar-refractivity contribution in [1.29, 1.82) is 0 Å². The molecule has 2 N–H and O–H groups in total. The van der Waals surface area contributed by atoms with Gasteiger partial charge in [0.05, 0.1) is 0 Å². The molecule has 0 aliphatic rings. The van der Waals surface area contributed by atoms with Gasteiger partial charge in [-0.2, -0.15) is 0 Å². The molecule has 100 valence electrons. The fourth-order valence-electron chi connectivity index (χ4n) is 1.39. The quantitative estimate of drug-likeness (QED) is 0.873. The molecule has 0 bridgehead atoms. The number of carbonyl (C=O) groups is 1. The van der Waals surface area contributed by atoms with E-state index in [9.17, 15) is 4.79 Å². The lowest BCUT2D eigenvalue weighted by Gasteiger charge is -2.27. The van der Waals surface area contributed by atoms with Gasteiger partial charge in [0.2, 0.25) is 5.91 Å². The lowest BCUT2D eigenvalue weighted by molar-refractivity contribution is -0.123. The van der Waals surface area contributed by atoms with Gasteiger partial charge in [0.25, 0.3) is 0 Å². The Morgan fingerprint density at radius 1 is 1.33 bits per heavy atom. The molecule has 3 nitrogen and oxygen atoms in total. The molecule has 0 saturated carbocycles. The smallest absolute Gasteiger partial charge is 0.242 e. The molecule has 0 saturated heterocycles. The molecular weight excluding hydrogens is 292 g/mol. The summed E-state index contributed by atoms with van der Waals surface area (Å²) in [5.74, 6) is 0.0183. The minimum absolute atomic E-state index is 0.0183. The van der Waals surface area contributed by atoms with Crippen molar-refractivity contribution in [2.24, 2.45) is 0 Å². The SMILES string of the molecule is CCC(C)(C)NC(=O)C(C)Nc1ccc(Br)cc1. The van der Waals surface area contributed by atoms with Gasteiger partial charge in [0, 0.05) is 15.7 Å². The molecule has 1 aromatic rings. The zero-order valence-corrected chi connectivity index (χ0v) is 13.0. The first-order valence-corrected chi connectivity index (χ1v) is 6.97. The third-order valence-electron chi connectivity index (χ3n) is 2.97. The molecule has 0 aromatic heterocycles. The maximum atomic E-state index is 12.0.